The van der Waals surface area contributed by atoms with E-state index in [0.29, 0.717) is 5.92 Å². The number of nitrogens with zero attached hydrogens (tertiary/aromatic N) is 2. The van der Waals surface area contributed by atoms with Crippen LogP contribution in [0, 0.1) is 6.92 Å². The molecule has 108 valence electrons. The second-order valence-corrected chi connectivity index (χ2v) is 5.46. The maximum atomic E-state index is 6.36. The SMILES string of the molecule is CCNCC(Cc1c(C)nn(C)c1Cl)c1ccccc1. The minimum absolute atomic E-state index is 0.413. The zero-order valence-electron chi connectivity index (χ0n) is 12.4. The van der Waals surface area contributed by atoms with Crippen LogP contribution in [0.1, 0.15) is 29.7 Å². The van der Waals surface area contributed by atoms with Gasteiger partial charge in [-0.05, 0) is 25.5 Å². The molecular weight excluding hydrogens is 270 g/mol. The summed E-state index contributed by atoms with van der Waals surface area (Å²) in [6.45, 7) is 6.08. The Morgan fingerprint density at radius 3 is 2.55 bits per heavy atom. The lowest BCUT2D eigenvalue weighted by Gasteiger charge is -2.18. The molecule has 3 nitrogen and oxygen atoms in total. The van der Waals surface area contributed by atoms with Gasteiger partial charge in [-0.1, -0.05) is 48.9 Å². The van der Waals surface area contributed by atoms with Crippen molar-refractivity contribution in [3.63, 3.8) is 0 Å². The lowest BCUT2D eigenvalue weighted by atomic mass is 9.92. The Morgan fingerprint density at radius 1 is 1.30 bits per heavy atom. The lowest BCUT2D eigenvalue weighted by molar-refractivity contribution is 0.594. The van der Waals surface area contributed by atoms with Gasteiger partial charge in [-0.25, -0.2) is 0 Å². The molecule has 0 saturated carbocycles. The predicted molar refractivity (Wildman–Crippen MR) is 84.4 cm³/mol. The highest BCUT2D eigenvalue weighted by Gasteiger charge is 2.18. The Hall–Kier alpha value is -1.32. The number of halogens is 1. The third-order valence-electron chi connectivity index (χ3n) is 3.63. The molecule has 1 N–H and O–H groups in total. The smallest absolute Gasteiger partial charge is 0.130 e. The molecule has 1 heterocycles. The van der Waals surface area contributed by atoms with Gasteiger partial charge in [0, 0.05) is 25.1 Å². The van der Waals surface area contributed by atoms with E-state index in [1.54, 1.807) is 4.68 Å². The summed E-state index contributed by atoms with van der Waals surface area (Å²) in [6.07, 6.45) is 0.912. The van der Waals surface area contributed by atoms with Crippen LogP contribution in [0.3, 0.4) is 0 Å². The van der Waals surface area contributed by atoms with E-state index < -0.39 is 0 Å². The van der Waals surface area contributed by atoms with Crippen LogP contribution in [0.15, 0.2) is 30.3 Å². The Labute approximate surface area is 126 Å². The molecule has 0 aliphatic rings. The van der Waals surface area contributed by atoms with Crippen molar-refractivity contribution in [2.75, 3.05) is 13.1 Å². The first kappa shape index (κ1) is 15.1. The molecule has 0 aliphatic heterocycles. The summed E-state index contributed by atoms with van der Waals surface area (Å²) in [5, 5.41) is 8.59. The Bertz CT molecular complexity index is 548. The minimum Gasteiger partial charge on any atom is -0.316 e. The topological polar surface area (TPSA) is 29.9 Å². The van der Waals surface area contributed by atoms with Crippen molar-refractivity contribution in [3.05, 3.63) is 52.3 Å². The molecule has 0 radical (unpaired) electrons. The highest BCUT2D eigenvalue weighted by atomic mass is 35.5. The lowest BCUT2D eigenvalue weighted by Crippen LogP contribution is -2.22. The number of hydrogen-bond acceptors (Lipinski definition) is 2. The number of rotatable bonds is 6. The number of nitrogens with one attached hydrogen (secondary N) is 1. The monoisotopic (exact) mass is 291 g/mol. The third-order valence-corrected chi connectivity index (χ3v) is 4.10. The number of hydrogen-bond donors (Lipinski definition) is 1. The fourth-order valence-electron chi connectivity index (χ4n) is 2.50. The van der Waals surface area contributed by atoms with E-state index in [1.165, 1.54) is 5.56 Å². The summed E-state index contributed by atoms with van der Waals surface area (Å²) in [6, 6.07) is 10.6. The maximum Gasteiger partial charge on any atom is 0.130 e. The van der Waals surface area contributed by atoms with Crippen LogP contribution in [-0.2, 0) is 13.5 Å². The van der Waals surface area contributed by atoms with E-state index in [1.807, 2.05) is 14.0 Å². The van der Waals surface area contributed by atoms with Gasteiger partial charge < -0.3 is 5.32 Å². The molecule has 0 bridgehead atoms. The molecule has 4 heteroatoms. The van der Waals surface area contributed by atoms with Crippen molar-refractivity contribution in [1.82, 2.24) is 15.1 Å². The normalized spacial score (nSPS) is 12.6. The largest absolute Gasteiger partial charge is 0.316 e. The zero-order valence-corrected chi connectivity index (χ0v) is 13.1. The third kappa shape index (κ3) is 3.41. The van der Waals surface area contributed by atoms with Gasteiger partial charge in [0.05, 0.1) is 5.69 Å². The van der Waals surface area contributed by atoms with E-state index in [0.717, 1.165) is 35.9 Å². The summed E-state index contributed by atoms with van der Waals surface area (Å²) < 4.78 is 1.75. The number of likely N-dealkylation sites (N-methyl/N-ethyl adjacent to an activating group) is 1. The van der Waals surface area contributed by atoms with E-state index >= 15 is 0 Å². The number of aryl methyl sites for hydroxylation is 2. The Kier molecular flexibility index (Phi) is 5.21. The second kappa shape index (κ2) is 6.91. The molecule has 1 atom stereocenters. The quantitative estimate of drug-likeness (QED) is 0.885. The Morgan fingerprint density at radius 2 is 2.00 bits per heavy atom. The number of benzene rings is 1. The van der Waals surface area contributed by atoms with Crippen LogP contribution in [-0.4, -0.2) is 22.9 Å². The summed E-state index contributed by atoms with van der Waals surface area (Å²) in [4.78, 5) is 0. The van der Waals surface area contributed by atoms with Gasteiger partial charge in [0.15, 0.2) is 0 Å². The van der Waals surface area contributed by atoms with Gasteiger partial charge in [0.2, 0.25) is 0 Å². The minimum atomic E-state index is 0.413. The first-order valence-electron chi connectivity index (χ1n) is 7.07. The van der Waals surface area contributed by atoms with Crippen molar-refractivity contribution in [1.29, 1.82) is 0 Å². The molecule has 1 aromatic heterocycles. The Balaban J connectivity index is 2.24. The van der Waals surface area contributed by atoms with Crippen molar-refractivity contribution in [2.45, 2.75) is 26.2 Å². The summed E-state index contributed by atoms with van der Waals surface area (Å²) in [5.74, 6) is 0.413. The summed E-state index contributed by atoms with van der Waals surface area (Å²) in [7, 11) is 1.89. The highest BCUT2D eigenvalue weighted by molar-refractivity contribution is 6.30. The van der Waals surface area contributed by atoms with Crippen molar-refractivity contribution >= 4 is 11.6 Å². The van der Waals surface area contributed by atoms with Crippen LogP contribution >= 0.6 is 11.6 Å². The molecule has 20 heavy (non-hydrogen) atoms. The summed E-state index contributed by atoms with van der Waals surface area (Å²) in [5.41, 5.74) is 3.52. The first-order chi connectivity index (χ1) is 9.63. The van der Waals surface area contributed by atoms with Crippen LogP contribution in [0.25, 0.3) is 0 Å². The zero-order chi connectivity index (χ0) is 14.5. The average molecular weight is 292 g/mol. The fourth-order valence-corrected chi connectivity index (χ4v) is 2.76. The molecule has 0 saturated heterocycles. The first-order valence-corrected chi connectivity index (χ1v) is 7.44. The van der Waals surface area contributed by atoms with Crippen molar-refractivity contribution in [2.24, 2.45) is 7.05 Å². The number of aromatic nitrogens is 2. The molecule has 0 fully saturated rings. The van der Waals surface area contributed by atoms with Gasteiger partial charge in [-0.15, -0.1) is 0 Å². The molecule has 0 amide bonds. The standard InChI is InChI=1S/C16H22ClN3/c1-4-18-11-14(13-8-6-5-7-9-13)10-15-12(2)19-20(3)16(15)17/h5-9,14,18H,4,10-11H2,1-3H3. The predicted octanol–water partition coefficient (Wildman–Crippen LogP) is 3.32. The van der Waals surface area contributed by atoms with Gasteiger partial charge >= 0.3 is 0 Å². The van der Waals surface area contributed by atoms with Crippen LogP contribution in [0.5, 0.6) is 0 Å². The summed E-state index contributed by atoms with van der Waals surface area (Å²) >= 11 is 6.36. The van der Waals surface area contributed by atoms with E-state index in [-0.39, 0.29) is 0 Å². The van der Waals surface area contributed by atoms with Crippen LogP contribution < -0.4 is 5.32 Å². The molecule has 2 aromatic rings. The van der Waals surface area contributed by atoms with E-state index in [9.17, 15) is 0 Å². The van der Waals surface area contributed by atoms with E-state index in [4.69, 9.17) is 11.6 Å². The maximum absolute atomic E-state index is 6.36. The molecule has 0 aliphatic carbocycles. The molecule has 1 unspecified atom stereocenters. The second-order valence-electron chi connectivity index (χ2n) is 5.10. The van der Waals surface area contributed by atoms with Crippen molar-refractivity contribution in [3.8, 4) is 0 Å². The van der Waals surface area contributed by atoms with Crippen molar-refractivity contribution < 1.29 is 0 Å². The van der Waals surface area contributed by atoms with Gasteiger partial charge in [-0.3, -0.25) is 4.68 Å². The molecular formula is C16H22ClN3. The molecule has 0 spiro atoms. The van der Waals surface area contributed by atoms with Gasteiger partial charge in [-0.2, -0.15) is 5.10 Å². The average Bonchev–Trinajstić information content (AvgIpc) is 2.70. The van der Waals surface area contributed by atoms with E-state index in [2.05, 4.69) is 47.7 Å². The van der Waals surface area contributed by atoms with Crippen LogP contribution in [0.2, 0.25) is 5.15 Å². The molecule has 1 aromatic carbocycles. The van der Waals surface area contributed by atoms with Gasteiger partial charge in [0.25, 0.3) is 0 Å². The highest BCUT2D eigenvalue weighted by Crippen LogP contribution is 2.26. The van der Waals surface area contributed by atoms with Crippen LogP contribution in [0.4, 0.5) is 0 Å². The molecule has 2 rings (SSSR count). The fraction of sp³-hybridized carbons (Fsp3) is 0.438. The van der Waals surface area contributed by atoms with Gasteiger partial charge in [0.1, 0.15) is 5.15 Å².